The van der Waals surface area contributed by atoms with Crippen molar-refractivity contribution in [1.82, 2.24) is 0 Å². The van der Waals surface area contributed by atoms with E-state index in [0.29, 0.717) is 0 Å². The van der Waals surface area contributed by atoms with Gasteiger partial charge in [0.25, 0.3) is 0 Å². The zero-order chi connectivity index (χ0) is 29.0. The molecular weight excluding hydrogens is 500 g/mol. The monoisotopic (exact) mass is 556 g/mol. The van der Waals surface area contributed by atoms with Gasteiger partial charge < -0.3 is 9.47 Å². The van der Waals surface area contributed by atoms with E-state index in [9.17, 15) is 0 Å². The van der Waals surface area contributed by atoms with Crippen LogP contribution in [-0.4, -0.2) is 13.2 Å². The highest BCUT2D eigenvalue weighted by atomic mass is 16.5. The van der Waals surface area contributed by atoms with Gasteiger partial charge in [0.1, 0.15) is 5.75 Å². The zero-order valence-corrected chi connectivity index (χ0v) is 26.3. The lowest BCUT2D eigenvalue weighted by Gasteiger charge is -2.15. The third-order valence-electron chi connectivity index (χ3n) is 8.17. The summed E-state index contributed by atoms with van der Waals surface area (Å²) in [5, 5.41) is 0. The average molecular weight is 557 g/mol. The molecule has 0 bridgehead atoms. The highest BCUT2D eigenvalue weighted by Crippen LogP contribution is 2.33. The predicted molar refractivity (Wildman–Crippen MR) is 178 cm³/mol. The average Bonchev–Trinajstić information content (AvgIpc) is 3.02. The molecule has 224 valence electrons. The number of benzene rings is 3. The van der Waals surface area contributed by atoms with Crippen LogP contribution >= 0.6 is 0 Å². The van der Waals surface area contributed by atoms with Crippen LogP contribution in [0.1, 0.15) is 129 Å². The van der Waals surface area contributed by atoms with E-state index >= 15 is 0 Å². The molecule has 3 aromatic rings. The summed E-state index contributed by atoms with van der Waals surface area (Å²) in [6.45, 7) is 8.36. The first kappa shape index (κ1) is 32.9. The molecule has 0 heterocycles. The molecule has 3 rings (SSSR count). The van der Waals surface area contributed by atoms with Crippen molar-refractivity contribution >= 4 is 0 Å². The van der Waals surface area contributed by atoms with Crippen LogP contribution in [0.5, 0.6) is 5.75 Å². The Balaban J connectivity index is 1.44. The lowest BCUT2D eigenvalue weighted by Crippen LogP contribution is -2.02. The molecule has 0 fully saturated rings. The molecule has 2 heteroatoms. The van der Waals surface area contributed by atoms with E-state index in [4.69, 9.17) is 9.47 Å². The van der Waals surface area contributed by atoms with Gasteiger partial charge in [-0.2, -0.15) is 0 Å². The zero-order valence-electron chi connectivity index (χ0n) is 26.3. The van der Waals surface area contributed by atoms with Crippen molar-refractivity contribution < 1.29 is 9.47 Å². The van der Waals surface area contributed by atoms with Gasteiger partial charge in [0, 0.05) is 6.61 Å². The molecule has 3 aromatic carbocycles. The maximum Gasteiger partial charge on any atom is 0.119 e. The summed E-state index contributed by atoms with van der Waals surface area (Å²) in [5.41, 5.74) is 6.19. The van der Waals surface area contributed by atoms with Crippen LogP contribution in [-0.2, 0) is 4.74 Å². The van der Waals surface area contributed by atoms with Gasteiger partial charge in [-0.3, -0.25) is 0 Å². The van der Waals surface area contributed by atoms with Gasteiger partial charge in [-0.05, 0) is 59.7 Å². The fourth-order valence-electron chi connectivity index (χ4n) is 5.49. The predicted octanol–water partition coefficient (Wildman–Crippen LogP) is 12.4. The smallest absolute Gasteiger partial charge is 0.119 e. The fourth-order valence-corrected chi connectivity index (χ4v) is 5.49. The van der Waals surface area contributed by atoms with Crippen molar-refractivity contribution in [2.75, 3.05) is 13.2 Å². The van der Waals surface area contributed by atoms with Crippen molar-refractivity contribution in [1.29, 1.82) is 0 Å². The molecule has 2 nitrogen and oxygen atoms in total. The van der Waals surface area contributed by atoms with Crippen molar-refractivity contribution in [3.8, 4) is 28.0 Å². The van der Waals surface area contributed by atoms with Crippen LogP contribution in [0.3, 0.4) is 0 Å². The third-order valence-corrected chi connectivity index (χ3v) is 8.17. The third kappa shape index (κ3) is 12.4. The first-order valence-electron chi connectivity index (χ1n) is 16.8. The quantitative estimate of drug-likeness (QED) is 0.115. The summed E-state index contributed by atoms with van der Waals surface area (Å²) < 4.78 is 12.2. The van der Waals surface area contributed by atoms with Crippen LogP contribution in [0.4, 0.5) is 0 Å². The van der Waals surface area contributed by atoms with Crippen LogP contribution in [0, 0.1) is 0 Å². The number of hydrogen-bond donors (Lipinski definition) is 0. The second kappa shape index (κ2) is 20.3. The molecule has 0 aromatic heterocycles. The Labute approximate surface area is 251 Å². The molecule has 0 saturated heterocycles. The highest BCUT2D eigenvalue weighted by molar-refractivity contribution is 5.83. The van der Waals surface area contributed by atoms with Gasteiger partial charge in [0.05, 0.1) is 12.7 Å². The van der Waals surface area contributed by atoms with E-state index in [-0.39, 0.29) is 6.10 Å². The standard InChI is InChI=1S/C39H56O2/c1-4-6-8-10-11-12-13-14-16-19-31-40-33(3)34-23-25-35(26-24-34)38-21-17-18-22-39(38)36-27-29-37(30-28-36)41-32-20-15-9-7-5-2/h17-18,21-30,33H,4-16,19-20,31-32H2,1-3H3. The lowest BCUT2D eigenvalue weighted by molar-refractivity contribution is 0.0627. The molecule has 0 radical (unpaired) electrons. The summed E-state index contributed by atoms with van der Waals surface area (Å²) in [6.07, 6.45) is 19.9. The second-order valence-electron chi connectivity index (χ2n) is 11.6. The van der Waals surface area contributed by atoms with E-state index in [1.165, 1.54) is 111 Å². The van der Waals surface area contributed by atoms with E-state index in [0.717, 1.165) is 31.8 Å². The van der Waals surface area contributed by atoms with Crippen molar-refractivity contribution in [3.05, 3.63) is 78.4 Å². The van der Waals surface area contributed by atoms with E-state index in [1.54, 1.807) is 0 Å². The first-order chi connectivity index (χ1) is 20.2. The highest BCUT2D eigenvalue weighted by Gasteiger charge is 2.10. The SMILES string of the molecule is CCCCCCCCCCCCOC(C)c1ccc(-c2ccccc2-c2ccc(OCCCCCCC)cc2)cc1. The van der Waals surface area contributed by atoms with E-state index in [1.807, 2.05) is 0 Å². The maximum absolute atomic E-state index is 6.19. The minimum absolute atomic E-state index is 0.122. The normalized spacial score (nSPS) is 12.0. The van der Waals surface area contributed by atoms with Gasteiger partial charge in [-0.1, -0.05) is 158 Å². The van der Waals surface area contributed by atoms with Crippen LogP contribution in [0.25, 0.3) is 22.3 Å². The molecule has 0 saturated carbocycles. The Hall–Kier alpha value is -2.58. The molecule has 0 aliphatic carbocycles. The lowest BCUT2D eigenvalue weighted by atomic mass is 9.94. The molecule has 0 aliphatic rings. The Morgan fingerprint density at radius 2 is 0.927 bits per heavy atom. The molecule has 0 spiro atoms. The van der Waals surface area contributed by atoms with Gasteiger partial charge in [-0.25, -0.2) is 0 Å². The molecule has 41 heavy (non-hydrogen) atoms. The van der Waals surface area contributed by atoms with Gasteiger partial charge >= 0.3 is 0 Å². The molecule has 0 N–H and O–H groups in total. The van der Waals surface area contributed by atoms with Crippen molar-refractivity contribution in [3.63, 3.8) is 0 Å². The fraction of sp³-hybridized carbons (Fsp3) is 0.538. The van der Waals surface area contributed by atoms with Gasteiger partial charge in [0.15, 0.2) is 0 Å². The number of rotatable bonds is 22. The number of ether oxygens (including phenoxy) is 2. The molecular formula is C39H56O2. The van der Waals surface area contributed by atoms with E-state index in [2.05, 4.69) is 93.6 Å². The summed E-state index contributed by atoms with van der Waals surface area (Å²) in [4.78, 5) is 0. The Morgan fingerprint density at radius 1 is 0.488 bits per heavy atom. The minimum atomic E-state index is 0.122. The topological polar surface area (TPSA) is 18.5 Å². The number of unbranched alkanes of at least 4 members (excludes halogenated alkanes) is 13. The maximum atomic E-state index is 6.19. The summed E-state index contributed by atoms with van der Waals surface area (Å²) in [5.74, 6) is 0.956. The Kier molecular flexibility index (Phi) is 16.3. The van der Waals surface area contributed by atoms with Crippen molar-refractivity contribution in [2.45, 2.75) is 123 Å². The molecule has 0 aliphatic heterocycles. The Morgan fingerprint density at radius 3 is 1.44 bits per heavy atom. The van der Waals surface area contributed by atoms with Crippen LogP contribution in [0.15, 0.2) is 72.8 Å². The van der Waals surface area contributed by atoms with Crippen LogP contribution in [0.2, 0.25) is 0 Å². The molecule has 0 amide bonds. The molecule has 1 unspecified atom stereocenters. The largest absolute Gasteiger partial charge is 0.494 e. The van der Waals surface area contributed by atoms with Gasteiger partial charge in [0.2, 0.25) is 0 Å². The number of hydrogen-bond acceptors (Lipinski definition) is 2. The summed E-state index contributed by atoms with van der Waals surface area (Å²) >= 11 is 0. The van der Waals surface area contributed by atoms with Gasteiger partial charge in [-0.15, -0.1) is 0 Å². The first-order valence-corrected chi connectivity index (χ1v) is 16.8. The van der Waals surface area contributed by atoms with Crippen LogP contribution < -0.4 is 4.74 Å². The second-order valence-corrected chi connectivity index (χ2v) is 11.6. The molecule has 1 atom stereocenters. The summed E-state index contributed by atoms with van der Waals surface area (Å²) in [6, 6.07) is 26.2. The van der Waals surface area contributed by atoms with E-state index < -0.39 is 0 Å². The Bertz CT molecular complexity index is 1050. The van der Waals surface area contributed by atoms with Crippen molar-refractivity contribution in [2.24, 2.45) is 0 Å². The summed E-state index contributed by atoms with van der Waals surface area (Å²) in [7, 11) is 0. The minimum Gasteiger partial charge on any atom is -0.494 e.